The summed E-state index contributed by atoms with van der Waals surface area (Å²) in [7, 11) is 0. The molecule has 65 heavy (non-hydrogen) atoms. The van der Waals surface area contributed by atoms with E-state index in [1.54, 1.807) is 0 Å². The second-order valence-corrected chi connectivity index (χ2v) is 17.8. The lowest BCUT2D eigenvalue weighted by Gasteiger charge is -2.18. The zero-order valence-corrected chi connectivity index (χ0v) is 42.5. The summed E-state index contributed by atoms with van der Waals surface area (Å²) in [6.07, 6.45) is 68.5. The summed E-state index contributed by atoms with van der Waals surface area (Å²) in [4.78, 5) is 38.0. The molecule has 6 nitrogen and oxygen atoms in total. The maximum atomic E-state index is 12.8. The smallest absolute Gasteiger partial charge is 0.306 e. The average Bonchev–Trinajstić information content (AvgIpc) is 3.30. The third-order valence-electron chi connectivity index (χ3n) is 11.4. The molecule has 0 aliphatic heterocycles. The molecule has 0 spiro atoms. The molecule has 0 bridgehead atoms. The first kappa shape index (κ1) is 61.6. The molecule has 0 N–H and O–H groups in total. The van der Waals surface area contributed by atoms with E-state index < -0.39 is 6.10 Å². The third-order valence-corrected chi connectivity index (χ3v) is 11.4. The van der Waals surface area contributed by atoms with Gasteiger partial charge in [-0.3, -0.25) is 14.4 Å². The molecule has 0 aromatic carbocycles. The number of ether oxygens (including phenoxy) is 3. The van der Waals surface area contributed by atoms with Gasteiger partial charge in [-0.15, -0.1) is 0 Å². The highest BCUT2D eigenvalue weighted by molar-refractivity contribution is 5.71. The van der Waals surface area contributed by atoms with E-state index in [9.17, 15) is 14.4 Å². The van der Waals surface area contributed by atoms with Crippen molar-refractivity contribution in [3.05, 3.63) is 85.1 Å². The summed E-state index contributed by atoms with van der Waals surface area (Å²) >= 11 is 0. The van der Waals surface area contributed by atoms with Crippen molar-refractivity contribution in [1.29, 1.82) is 0 Å². The van der Waals surface area contributed by atoms with Crippen LogP contribution in [0.4, 0.5) is 0 Å². The maximum absolute atomic E-state index is 12.8. The van der Waals surface area contributed by atoms with Gasteiger partial charge in [-0.25, -0.2) is 0 Å². The van der Waals surface area contributed by atoms with Gasteiger partial charge in [0.2, 0.25) is 0 Å². The molecule has 0 aromatic rings. The highest BCUT2D eigenvalue weighted by Crippen LogP contribution is 2.14. The van der Waals surface area contributed by atoms with E-state index in [4.69, 9.17) is 14.2 Å². The molecule has 0 aliphatic rings. The monoisotopic (exact) mass is 905 g/mol. The Labute approximate surface area is 401 Å². The van der Waals surface area contributed by atoms with Crippen molar-refractivity contribution in [3.63, 3.8) is 0 Å². The Bertz CT molecular complexity index is 1270. The van der Waals surface area contributed by atoms with Crippen LogP contribution < -0.4 is 0 Å². The number of carbonyl (C=O) groups excluding carboxylic acids is 3. The van der Waals surface area contributed by atoms with E-state index in [1.807, 2.05) is 36.5 Å². The number of carbonyl (C=O) groups is 3. The van der Waals surface area contributed by atoms with Crippen molar-refractivity contribution >= 4 is 17.9 Å². The predicted molar refractivity (Wildman–Crippen MR) is 279 cm³/mol. The van der Waals surface area contributed by atoms with Gasteiger partial charge in [0.15, 0.2) is 6.10 Å². The molecule has 0 aromatic heterocycles. The number of unbranched alkanes of at least 4 members (excludes halogenated alkanes) is 26. The number of hydrogen-bond acceptors (Lipinski definition) is 6. The van der Waals surface area contributed by atoms with E-state index in [1.165, 1.54) is 128 Å². The molecule has 1 unspecified atom stereocenters. The fraction of sp³-hybridized carbons (Fsp3) is 0.712. The van der Waals surface area contributed by atoms with Crippen LogP contribution in [0.1, 0.15) is 252 Å². The van der Waals surface area contributed by atoms with Crippen molar-refractivity contribution in [2.45, 2.75) is 258 Å². The van der Waals surface area contributed by atoms with Crippen LogP contribution in [0.15, 0.2) is 85.1 Å². The normalized spacial score (nSPS) is 12.7. The van der Waals surface area contributed by atoms with E-state index in [0.717, 1.165) is 83.5 Å². The highest BCUT2D eigenvalue weighted by atomic mass is 16.6. The van der Waals surface area contributed by atoms with Gasteiger partial charge in [0.05, 0.1) is 0 Å². The van der Waals surface area contributed by atoms with E-state index >= 15 is 0 Å². The molecule has 0 heterocycles. The van der Waals surface area contributed by atoms with Gasteiger partial charge in [0.1, 0.15) is 13.2 Å². The largest absolute Gasteiger partial charge is 0.462 e. The first-order valence-electron chi connectivity index (χ1n) is 27.1. The Kier molecular flexibility index (Phi) is 50.4. The van der Waals surface area contributed by atoms with E-state index in [-0.39, 0.29) is 31.1 Å². The van der Waals surface area contributed by atoms with Gasteiger partial charge in [-0.1, -0.05) is 221 Å². The zero-order valence-electron chi connectivity index (χ0n) is 42.5. The zero-order chi connectivity index (χ0) is 47.2. The second kappa shape index (κ2) is 53.2. The molecular weight excluding hydrogens is 805 g/mol. The van der Waals surface area contributed by atoms with Gasteiger partial charge in [0.25, 0.3) is 0 Å². The Hall–Kier alpha value is -3.41. The van der Waals surface area contributed by atoms with Gasteiger partial charge in [0, 0.05) is 19.3 Å². The fourth-order valence-electron chi connectivity index (χ4n) is 7.36. The average molecular weight is 905 g/mol. The van der Waals surface area contributed by atoms with Gasteiger partial charge >= 0.3 is 17.9 Å². The topological polar surface area (TPSA) is 78.9 Å². The van der Waals surface area contributed by atoms with Gasteiger partial charge in [-0.2, -0.15) is 0 Å². The van der Waals surface area contributed by atoms with Crippen molar-refractivity contribution in [3.8, 4) is 0 Å². The van der Waals surface area contributed by atoms with Crippen molar-refractivity contribution in [2.75, 3.05) is 13.2 Å². The summed E-state index contributed by atoms with van der Waals surface area (Å²) in [6, 6.07) is 0. The van der Waals surface area contributed by atoms with Crippen LogP contribution in [0.5, 0.6) is 0 Å². The van der Waals surface area contributed by atoms with Gasteiger partial charge < -0.3 is 14.2 Å². The molecule has 0 saturated carbocycles. The van der Waals surface area contributed by atoms with E-state index in [0.29, 0.717) is 19.3 Å². The summed E-state index contributed by atoms with van der Waals surface area (Å²) in [5.41, 5.74) is 0. The number of esters is 3. The third kappa shape index (κ3) is 51.4. The summed E-state index contributed by atoms with van der Waals surface area (Å²) in [5, 5.41) is 0. The van der Waals surface area contributed by atoms with Crippen molar-refractivity contribution in [1.82, 2.24) is 0 Å². The molecule has 0 aliphatic carbocycles. The van der Waals surface area contributed by atoms with Crippen LogP contribution >= 0.6 is 0 Å². The predicted octanol–water partition coefficient (Wildman–Crippen LogP) is 18.0. The summed E-state index contributed by atoms with van der Waals surface area (Å²) in [6.45, 7) is 6.43. The Morgan fingerprint density at radius 2 is 0.662 bits per heavy atom. The lowest BCUT2D eigenvalue weighted by molar-refractivity contribution is -0.167. The minimum atomic E-state index is -0.798. The van der Waals surface area contributed by atoms with Crippen molar-refractivity contribution in [2.24, 2.45) is 0 Å². The van der Waals surface area contributed by atoms with Crippen molar-refractivity contribution < 1.29 is 28.6 Å². The van der Waals surface area contributed by atoms with Gasteiger partial charge in [-0.05, 0) is 96.3 Å². The highest BCUT2D eigenvalue weighted by Gasteiger charge is 2.19. The van der Waals surface area contributed by atoms with Crippen LogP contribution in [-0.2, 0) is 28.6 Å². The Morgan fingerprint density at radius 1 is 0.338 bits per heavy atom. The molecule has 0 fully saturated rings. The molecule has 0 saturated heterocycles. The standard InChI is InChI=1S/C59H100O6/c1-4-7-10-13-16-19-22-25-27-29-31-34-37-40-43-46-49-52-58(61)64-55-56(54-63-57(60)51-48-45-42-39-36-33-24-21-18-15-12-9-6-3)65-59(62)53-50-47-44-41-38-35-32-30-28-26-23-20-17-14-11-8-5-2/h9,12,15-16,18-19,21,24-28,33,36,56H,4-8,10-11,13-14,17,20,22-23,29-32,34-35,37-55H2,1-3H3/b12-9+,18-15+,19-16+,24-21+,27-25+,28-26+,36-33+. The lowest BCUT2D eigenvalue weighted by atomic mass is 10.1. The molecule has 6 heteroatoms. The molecule has 0 amide bonds. The molecule has 372 valence electrons. The Morgan fingerprint density at radius 3 is 1.12 bits per heavy atom. The molecule has 0 radical (unpaired) electrons. The first-order valence-corrected chi connectivity index (χ1v) is 27.1. The van der Waals surface area contributed by atoms with Crippen LogP contribution in [0.3, 0.4) is 0 Å². The molecule has 0 rings (SSSR count). The van der Waals surface area contributed by atoms with Crippen LogP contribution in [0, 0.1) is 0 Å². The summed E-state index contributed by atoms with van der Waals surface area (Å²) < 4.78 is 16.8. The molecular formula is C59H100O6. The maximum Gasteiger partial charge on any atom is 0.306 e. The SMILES string of the molecule is CC/C=C/C=C/C=C/C=C/CCCCCC(=O)OCC(COC(=O)CCCCCCCCC/C=C/C/C=C/CCCCC)OC(=O)CCCCCCCCC/C=C/CCCCCCCC. The lowest BCUT2D eigenvalue weighted by Crippen LogP contribution is -2.30. The van der Waals surface area contributed by atoms with Crippen LogP contribution in [-0.4, -0.2) is 37.2 Å². The second-order valence-electron chi connectivity index (χ2n) is 17.8. The number of allylic oxidation sites excluding steroid dienone is 14. The summed E-state index contributed by atoms with van der Waals surface area (Å²) in [5.74, 6) is -0.945. The minimum absolute atomic E-state index is 0.0954. The first-order chi connectivity index (χ1) is 32.0. The van der Waals surface area contributed by atoms with Crippen LogP contribution in [0.25, 0.3) is 0 Å². The molecule has 1 atom stereocenters. The van der Waals surface area contributed by atoms with E-state index in [2.05, 4.69) is 69.4 Å². The quantitative estimate of drug-likeness (QED) is 0.0199. The Balaban J connectivity index is 4.44. The minimum Gasteiger partial charge on any atom is -0.462 e. The van der Waals surface area contributed by atoms with Crippen LogP contribution in [0.2, 0.25) is 0 Å². The fourth-order valence-corrected chi connectivity index (χ4v) is 7.36. The number of hydrogen-bond donors (Lipinski definition) is 0. The number of rotatable bonds is 48.